The van der Waals surface area contributed by atoms with Gasteiger partial charge < -0.3 is 14.9 Å². The van der Waals surface area contributed by atoms with Crippen LogP contribution in [0.4, 0.5) is 0 Å². The fourth-order valence-corrected chi connectivity index (χ4v) is 1.96. The van der Waals surface area contributed by atoms with E-state index >= 15 is 0 Å². The van der Waals surface area contributed by atoms with Crippen molar-refractivity contribution >= 4 is 0 Å². The first-order chi connectivity index (χ1) is 7.15. The van der Waals surface area contributed by atoms with E-state index in [9.17, 15) is 0 Å². The lowest BCUT2D eigenvalue weighted by Gasteiger charge is -2.39. The Morgan fingerprint density at radius 2 is 2.40 bits per heavy atom. The van der Waals surface area contributed by atoms with Crippen LogP contribution in [0.1, 0.15) is 43.9 Å². The Hall–Kier alpha value is -0.870. The summed E-state index contributed by atoms with van der Waals surface area (Å²) in [5.41, 5.74) is 5.68. The maximum absolute atomic E-state index is 5.68. The van der Waals surface area contributed by atoms with Crippen molar-refractivity contribution in [3.05, 3.63) is 17.8 Å². The van der Waals surface area contributed by atoms with Crippen molar-refractivity contribution in [3.8, 4) is 0 Å². The Labute approximate surface area is 89.8 Å². The van der Waals surface area contributed by atoms with Crippen LogP contribution < -0.4 is 5.73 Å². The lowest BCUT2D eigenvalue weighted by Crippen LogP contribution is -2.41. The molecule has 0 aliphatic heterocycles. The fraction of sp³-hybridized carbons (Fsp3) is 0.727. The van der Waals surface area contributed by atoms with E-state index < -0.39 is 0 Å². The van der Waals surface area contributed by atoms with Gasteiger partial charge in [0.05, 0.1) is 17.8 Å². The topological polar surface area (TPSA) is 61.3 Å². The second-order valence-corrected chi connectivity index (χ2v) is 4.37. The van der Waals surface area contributed by atoms with Crippen molar-refractivity contribution in [1.82, 2.24) is 4.98 Å². The van der Waals surface area contributed by atoms with Crippen molar-refractivity contribution in [2.75, 3.05) is 7.11 Å². The van der Waals surface area contributed by atoms with Gasteiger partial charge in [0.1, 0.15) is 5.76 Å². The zero-order valence-corrected chi connectivity index (χ0v) is 9.32. The second-order valence-electron chi connectivity index (χ2n) is 4.37. The van der Waals surface area contributed by atoms with Crippen LogP contribution >= 0.6 is 0 Å². The molecule has 2 N–H and O–H groups in total. The second kappa shape index (κ2) is 3.94. The molecule has 15 heavy (non-hydrogen) atoms. The molecule has 0 spiro atoms. The monoisotopic (exact) mass is 210 g/mol. The molecule has 1 saturated carbocycles. The van der Waals surface area contributed by atoms with Crippen LogP contribution in [0.3, 0.4) is 0 Å². The highest BCUT2D eigenvalue weighted by atomic mass is 16.5. The van der Waals surface area contributed by atoms with E-state index in [1.165, 1.54) is 6.42 Å². The lowest BCUT2D eigenvalue weighted by molar-refractivity contribution is -0.0739. The maximum Gasteiger partial charge on any atom is 0.210 e. The van der Waals surface area contributed by atoms with Crippen LogP contribution in [-0.2, 0) is 11.2 Å². The molecule has 1 unspecified atom stereocenters. The Morgan fingerprint density at radius 1 is 1.67 bits per heavy atom. The third-order valence-electron chi connectivity index (χ3n) is 3.16. The molecule has 4 nitrogen and oxygen atoms in total. The summed E-state index contributed by atoms with van der Waals surface area (Å²) in [5, 5.41) is 0. The first-order valence-electron chi connectivity index (χ1n) is 5.40. The average molecular weight is 210 g/mol. The largest absolute Gasteiger partial charge is 0.444 e. The zero-order valence-electron chi connectivity index (χ0n) is 9.32. The van der Waals surface area contributed by atoms with Crippen molar-refractivity contribution in [1.29, 1.82) is 0 Å². The number of hydrogen-bond donors (Lipinski definition) is 1. The predicted octanol–water partition coefficient (Wildman–Crippen LogP) is 1.81. The summed E-state index contributed by atoms with van der Waals surface area (Å²) in [6.07, 6.45) is 6.03. The van der Waals surface area contributed by atoms with Gasteiger partial charge in [0.15, 0.2) is 0 Å². The van der Waals surface area contributed by atoms with Gasteiger partial charge in [-0.2, -0.15) is 0 Å². The standard InChI is InChI=1S/C11H18N2O2/c1-8(12)10-13-7-9(15-10)6-11(14-2)4-3-5-11/h7-8H,3-6,12H2,1-2H3. The third-order valence-corrected chi connectivity index (χ3v) is 3.16. The molecular weight excluding hydrogens is 192 g/mol. The van der Waals surface area contributed by atoms with E-state index in [4.69, 9.17) is 14.9 Å². The highest BCUT2D eigenvalue weighted by molar-refractivity contribution is 5.04. The number of methoxy groups -OCH3 is 1. The van der Waals surface area contributed by atoms with E-state index in [1.807, 2.05) is 6.92 Å². The van der Waals surface area contributed by atoms with E-state index in [-0.39, 0.29) is 11.6 Å². The molecule has 84 valence electrons. The van der Waals surface area contributed by atoms with Crippen LogP contribution in [0.2, 0.25) is 0 Å². The van der Waals surface area contributed by atoms with Crippen LogP contribution in [0.25, 0.3) is 0 Å². The van der Waals surface area contributed by atoms with Crippen molar-refractivity contribution in [3.63, 3.8) is 0 Å². The summed E-state index contributed by atoms with van der Waals surface area (Å²) >= 11 is 0. The number of nitrogens with two attached hydrogens (primary N) is 1. The van der Waals surface area contributed by atoms with Crippen LogP contribution in [-0.4, -0.2) is 17.7 Å². The lowest BCUT2D eigenvalue weighted by atomic mass is 9.77. The number of aromatic nitrogens is 1. The molecule has 4 heteroatoms. The van der Waals surface area contributed by atoms with Gasteiger partial charge in [-0.05, 0) is 26.2 Å². The highest BCUT2D eigenvalue weighted by Gasteiger charge is 2.38. The number of nitrogens with zero attached hydrogens (tertiary/aromatic N) is 1. The number of rotatable bonds is 4. The number of ether oxygens (including phenoxy) is 1. The summed E-state index contributed by atoms with van der Waals surface area (Å²) < 4.78 is 11.1. The van der Waals surface area contributed by atoms with E-state index in [0.717, 1.165) is 25.0 Å². The molecule has 0 aromatic carbocycles. The Kier molecular flexibility index (Phi) is 2.80. The van der Waals surface area contributed by atoms with Gasteiger partial charge in [0.25, 0.3) is 0 Å². The first kappa shape index (κ1) is 10.6. The Morgan fingerprint density at radius 3 is 2.80 bits per heavy atom. The molecule has 1 aliphatic carbocycles. The molecule has 0 radical (unpaired) electrons. The summed E-state index contributed by atoms with van der Waals surface area (Å²) in [4.78, 5) is 4.15. The highest BCUT2D eigenvalue weighted by Crippen LogP contribution is 2.38. The molecule has 1 aliphatic rings. The van der Waals surface area contributed by atoms with Crippen LogP contribution in [0.15, 0.2) is 10.6 Å². The Bertz CT molecular complexity index is 324. The van der Waals surface area contributed by atoms with Crippen LogP contribution in [0.5, 0.6) is 0 Å². The molecule has 1 aromatic heterocycles. The van der Waals surface area contributed by atoms with E-state index in [1.54, 1.807) is 13.3 Å². The van der Waals surface area contributed by atoms with Gasteiger partial charge in [0, 0.05) is 13.5 Å². The molecule has 0 saturated heterocycles. The summed E-state index contributed by atoms with van der Waals surface area (Å²) in [7, 11) is 1.77. The fourth-order valence-electron chi connectivity index (χ4n) is 1.96. The van der Waals surface area contributed by atoms with E-state index in [0.29, 0.717) is 5.89 Å². The predicted molar refractivity (Wildman–Crippen MR) is 56.4 cm³/mol. The molecule has 0 bridgehead atoms. The minimum Gasteiger partial charge on any atom is -0.444 e. The quantitative estimate of drug-likeness (QED) is 0.823. The summed E-state index contributed by atoms with van der Waals surface area (Å²) in [5.74, 6) is 1.49. The normalized spacial score (nSPS) is 21.0. The van der Waals surface area contributed by atoms with Crippen molar-refractivity contribution < 1.29 is 9.15 Å². The number of oxazole rings is 1. The van der Waals surface area contributed by atoms with Crippen LogP contribution in [0, 0.1) is 0 Å². The smallest absolute Gasteiger partial charge is 0.210 e. The first-order valence-corrected chi connectivity index (χ1v) is 5.40. The Balaban J connectivity index is 2.04. The molecular formula is C11H18N2O2. The van der Waals surface area contributed by atoms with Gasteiger partial charge in [-0.1, -0.05) is 0 Å². The van der Waals surface area contributed by atoms with E-state index in [2.05, 4.69) is 4.98 Å². The van der Waals surface area contributed by atoms with Gasteiger partial charge >= 0.3 is 0 Å². The molecule has 2 rings (SSSR count). The van der Waals surface area contributed by atoms with Crippen molar-refractivity contribution in [2.24, 2.45) is 5.73 Å². The molecule has 1 heterocycles. The molecule has 1 aromatic rings. The minimum atomic E-state index is -0.140. The third kappa shape index (κ3) is 2.06. The minimum absolute atomic E-state index is 0.00532. The average Bonchev–Trinajstić information content (AvgIpc) is 2.59. The SMILES string of the molecule is COC1(Cc2cnc(C(C)N)o2)CCC1. The van der Waals surface area contributed by atoms with Gasteiger partial charge in [-0.3, -0.25) is 0 Å². The zero-order chi connectivity index (χ0) is 10.9. The maximum atomic E-state index is 5.68. The number of hydrogen-bond acceptors (Lipinski definition) is 4. The van der Waals surface area contributed by atoms with Gasteiger partial charge in [-0.25, -0.2) is 4.98 Å². The molecule has 0 amide bonds. The van der Waals surface area contributed by atoms with Gasteiger partial charge in [-0.15, -0.1) is 0 Å². The van der Waals surface area contributed by atoms with Gasteiger partial charge in [0.2, 0.25) is 5.89 Å². The molecule has 1 fully saturated rings. The van der Waals surface area contributed by atoms with Crippen molar-refractivity contribution in [2.45, 2.75) is 44.2 Å². The molecule has 1 atom stereocenters. The summed E-state index contributed by atoms with van der Waals surface area (Å²) in [6, 6.07) is -0.140. The summed E-state index contributed by atoms with van der Waals surface area (Å²) in [6.45, 7) is 1.87.